The Morgan fingerprint density at radius 1 is 1.19 bits per heavy atom. The van der Waals surface area contributed by atoms with Crippen LogP contribution < -0.4 is 5.32 Å². The van der Waals surface area contributed by atoms with Crippen molar-refractivity contribution in [3.63, 3.8) is 0 Å². The topological polar surface area (TPSA) is 92.2 Å². The zero-order valence-corrected chi connectivity index (χ0v) is 13.6. The van der Waals surface area contributed by atoms with E-state index >= 15 is 0 Å². The molecule has 6 nitrogen and oxygen atoms in total. The molecule has 1 fully saturated rings. The average Bonchev–Trinajstić information content (AvgIpc) is 2.91. The van der Waals surface area contributed by atoms with Crippen molar-refractivity contribution in [2.75, 3.05) is 0 Å². The number of hydrogen-bond donors (Lipinski definition) is 2. The first-order chi connectivity index (χ1) is 12.4. The number of hydrogen-bond acceptors (Lipinski definition) is 4. The highest BCUT2D eigenvalue weighted by Gasteiger charge is 2.36. The van der Waals surface area contributed by atoms with Gasteiger partial charge in [-0.15, -0.1) is 0 Å². The van der Waals surface area contributed by atoms with Crippen LogP contribution in [0.15, 0.2) is 18.2 Å². The van der Waals surface area contributed by atoms with Gasteiger partial charge in [-0.05, 0) is 37.3 Å². The van der Waals surface area contributed by atoms with Crippen molar-refractivity contribution in [2.45, 2.75) is 25.8 Å². The Morgan fingerprint density at radius 3 is 2.54 bits per heavy atom. The zero-order valence-electron chi connectivity index (χ0n) is 13.6. The monoisotopic (exact) mass is 359 g/mol. The van der Waals surface area contributed by atoms with Gasteiger partial charge in [0.2, 0.25) is 0 Å². The van der Waals surface area contributed by atoms with E-state index in [2.05, 4.69) is 15.3 Å². The minimum atomic E-state index is -0.832. The molecule has 2 N–H and O–H groups in total. The van der Waals surface area contributed by atoms with Crippen LogP contribution in [0.3, 0.4) is 0 Å². The zero-order chi connectivity index (χ0) is 18.4. The third-order valence-electron chi connectivity index (χ3n) is 4.96. The lowest BCUT2D eigenvalue weighted by Crippen LogP contribution is -2.32. The molecule has 1 aliphatic carbocycles. The molecule has 1 amide bonds. The van der Waals surface area contributed by atoms with Crippen LogP contribution in [0, 0.1) is 23.5 Å². The second-order valence-corrected chi connectivity index (χ2v) is 6.67. The number of amides is 1. The fourth-order valence-corrected chi connectivity index (χ4v) is 3.55. The van der Waals surface area contributed by atoms with Gasteiger partial charge in [-0.3, -0.25) is 9.59 Å². The number of rotatable bonds is 4. The quantitative estimate of drug-likeness (QED) is 0.874. The number of carbonyl (C=O) groups is 2. The van der Waals surface area contributed by atoms with Gasteiger partial charge >= 0.3 is 5.97 Å². The number of nitrogens with one attached hydrogen (secondary N) is 1. The van der Waals surface area contributed by atoms with Crippen LogP contribution in [0.25, 0.3) is 11.4 Å². The maximum absolute atomic E-state index is 14.1. The number of aliphatic carboxylic acids is 1. The van der Waals surface area contributed by atoms with E-state index in [4.69, 9.17) is 5.11 Å². The minimum absolute atomic E-state index is 0.0711. The Bertz CT molecular complexity index is 906. The number of nitrogens with zero attached hydrogens (tertiary/aromatic N) is 2. The van der Waals surface area contributed by atoms with Crippen LogP contribution in [-0.4, -0.2) is 27.0 Å². The Kier molecular flexibility index (Phi) is 3.90. The van der Waals surface area contributed by atoms with Crippen molar-refractivity contribution in [1.82, 2.24) is 15.3 Å². The Hall–Kier alpha value is -2.90. The predicted molar refractivity (Wildman–Crippen MR) is 86.1 cm³/mol. The summed E-state index contributed by atoms with van der Waals surface area (Å²) in [6.07, 6.45) is 1.38. The summed E-state index contributed by atoms with van der Waals surface area (Å²) in [6.45, 7) is 0.176. The Morgan fingerprint density at radius 2 is 1.88 bits per heavy atom. The van der Waals surface area contributed by atoms with Crippen molar-refractivity contribution in [1.29, 1.82) is 0 Å². The molecule has 0 bridgehead atoms. The number of benzene rings is 1. The predicted octanol–water partition coefficient (Wildman–Crippen LogP) is 2.32. The second-order valence-electron chi connectivity index (χ2n) is 6.67. The van der Waals surface area contributed by atoms with Crippen molar-refractivity contribution >= 4 is 11.9 Å². The van der Waals surface area contributed by atoms with E-state index in [-0.39, 0.29) is 35.7 Å². The van der Waals surface area contributed by atoms with Gasteiger partial charge in [0.25, 0.3) is 5.91 Å². The van der Waals surface area contributed by atoms with E-state index in [0.29, 0.717) is 36.2 Å². The van der Waals surface area contributed by atoms with Gasteiger partial charge in [-0.1, -0.05) is 6.07 Å². The molecular weight excluding hydrogens is 344 g/mol. The highest BCUT2D eigenvalue weighted by molar-refractivity contribution is 5.99. The summed E-state index contributed by atoms with van der Waals surface area (Å²) in [5, 5.41) is 11.6. The third kappa shape index (κ3) is 2.71. The van der Waals surface area contributed by atoms with Crippen molar-refractivity contribution in [2.24, 2.45) is 11.8 Å². The number of fused-ring (bicyclic) bond motifs is 1. The molecule has 0 radical (unpaired) electrons. The molecule has 1 aromatic heterocycles. The molecule has 1 aliphatic heterocycles. The lowest BCUT2D eigenvalue weighted by atomic mass is 9.72. The summed E-state index contributed by atoms with van der Waals surface area (Å²) in [5.41, 5.74) is 0.834. The summed E-state index contributed by atoms with van der Waals surface area (Å²) in [4.78, 5) is 31.5. The standard InChI is InChI=1S/C18H15F2N3O3/c19-10-2-1-3-11(20)14(10)16-22-12(6-8-4-9(5-8)18(25)26)15-13(23-16)7-21-17(15)24/h1-3,8-9H,4-7H2,(H,21,24)(H,25,26). The molecule has 0 spiro atoms. The first-order valence-corrected chi connectivity index (χ1v) is 8.29. The molecule has 26 heavy (non-hydrogen) atoms. The minimum Gasteiger partial charge on any atom is -0.481 e. The van der Waals surface area contributed by atoms with Gasteiger partial charge in [0, 0.05) is 0 Å². The van der Waals surface area contributed by atoms with E-state index in [9.17, 15) is 18.4 Å². The molecule has 8 heteroatoms. The SMILES string of the molecule is O=C1NCc2nc(-c3c(F)cccc3F)nc(CC3CC(C(=O)O)C3)c21. The van der Waals surface area contributed by atoms with Crippen LogP contribution >= 0.6 is 0 Å². The number of carbonyl (C=O) groups excluding carboxylic acids is 1. The lowest BCUT2D eigenvalue weighted by Gasteiger charge is -2.32. The molecule has 2 aromatic rings. The van der Waals surface area contributed by atoms with Crippen molar-refractivity contribution in [3.8, 4) is 11.4 Å². The van der Waals surface area contributed by atoms with Crippen LogP contribution in [0.1, 0.15) is 34.6 Å². The molecule has 0 unspecified atom stereocenters. The maximum Gasteiger partial charge on any atom is 0.306 e. The van der Waals surface area contributed by atoms with E-state index in [1.165, 1.54) is 6.07 Å². The number of halogens is 2. The highest BCUT2D eigenvalue weighted by atomic mass is 19.1. The first kappa shape index (κ1) is 16.6. The lowest BCUT2D eigenvalue weighted by molar-refractivity contribution is -0.146. The molecule has 134 valence electrons. The first-order valence-electron chi connectivity index (χ1n) is 8.29. The number of carboxylic acid groups (broad SMARTS) is 1. The average molecular weight is 359 g/mol. The van der Waals surface area contributed by atoms with Crippen LogP contribution in [0.4, 0.5) is 8.78 Å². The summed E-state index contributed by atoms with van der Waals surface area (Å²) in [5.74, 6) is -3.11. The summed E-state index contributed by atoms with van der Waals surface area (Å²) >= 11 is 0. The molecule has 4 rings (SSSR count). The number of carboxylic acids is 1. The second kappa shape index (κ2) is 6.12. The Balaban J connectivity index is 1.73. The van der Waals surface area contributed by atoms with E-state index < -0.39 is 17.6 Å². The normalized spacial score (nSPS) is 21.1. The molecule has 1 saturated carbocycles. The van der Waals surface area contributed by atoms with E-state index in [1.54, 1.807) is 0 Å². The maximum atomic E-state index is 14.1. The van der Waals surface area contributed by atoms with Gasteiger partial charge in [0.15, 0.2) is 5.82 Å². The van der Waals surface area contributed by atoms with E-state index in [0.717, 1.165) is 12.1 Å². The molecule has 1 aromatic carbocycles. The fraction of sp³-hybridized carbons (Fsp3) is 0.333. The Labute approximate surface area is 147 Å². The summed E-state index contributed by atoms with van der Waals surface area (Å²) in [6, 6.07) is 3.51. The molecular formula is C18H15F2N3O3. The van der Waals surface area contributed by atoms with Crippen molar-refractivity contribution in [3.05, 3.63) is 46.8 Å². The fourth-order valence-electron chi connectivity index (χ4n) is 3.55. The van der Waals surface area contributed by atoms with Gasteiger partial charge in [0.05, 0.1) is 35.0 Å². The summed E-state index contributed by atoms with van der Waals surface area (Å²) < 4.78 is 28.2. The smallest absolute Gasteiger partial charge is 0.306 e. The number of aromatic nitrogens is 2. The van der Waals surface area contributed by atoms with Gasteiger partial charge in [-0.2, -0.15) is 0 Å². The highest BCUT2D eigenvalue weighted by Crippen LogP contribution is 2.37. The van der Waals surface area contributed by atoms with Crippen LogP contribution in [-0.2, 0) is 17.8 Å². The third-order valence-corrected chi connectivity index (χ3v) is 4.96. The van der Waals surface area contributed by atoms with Crippen LogP contribution in [0.5, 0.6) is 0 Å². The van der Waals surface area contributed by atoms with Gasteiger partial charge < -0.3 is 10.4 Å². The molecule has 2 heterocycles. The van der Waals surface area contributed by atoms with Crippen LogP contribution in [0.2, 0.25) is 0 Å². The molecule has 0 atom stereocenters. The largest absolute Gasteiger partial charge is 0.481 e. The van der Waals surface area contributed by atoms with Crippen molar-refractivity contribution < 1.29 is 23.5 Å². The van der Waals surface area contributed by atoms with Gasteiger partial charge in [0.1, 0.15) is 11.6 Å². The molecule has 2 aliphatic rings. The van der Waals surface area contributed by atoms with E-state index in [1.807, 2.05) is 0 Å². The summed E-state index contributed by atoms with van der Waals surface area (Å²) in [7, 11) is 0. The van der Waals surface area contributed by atoms with Gasteiger partial charge in [-0.25, -0.2) is 18.7 Å². The molecule has 0 saturated heterocycles.